The van der Waals surface area contributed by atoms with Crippen LogP contribution >= 0.6 is 0 Å². The number of aromatic nitrogens is 7. The topological polar surface area (TPSA) is 155 Å². The second kappa shape index (κ2) is 11.4. The van der Waals surface area contributed by atoms with Crippen LogP contribution in [0.25, 0.3) is 5.65 Å². The van der Waals surface area contributed by atoms with Crippen LogP contribution in [0.1, 0.15) is 36.7 Å². The lowest BCUT2D eigenvalue weighted by Crippen LogP contribution is -2.40. The lowest BCUT2D eigenvalue weighted by Gasteiger charge is -2.12. The minimum absolute atomic E-state index is 0.326. The van der Waals surface area contributed by atoms with E-state index in [0.29, 0.717) is 57.2 Å². The zero-order valence-electron chi connectivity index (χ0n) is 21.2. The predicted molar refractivity (Wildman–Crippen MR) is 137 cm³/mol. The highest BCUT2D eigenvalue weighted by Gasteiger charge is 2.37. The monoisotopic (exact) mass is 541 g/mol. The van der Waals surface area contributed by atoms with Gasteiger partial charge in [-0.25, -0.2) is 23.0 Å². The molecule has 2 N–H and O–H groups in total. The zero-order chi connectivity index (χ0) is 26.5. The lowest BCUT2D eigenvalue weighted by atomic mass is 10.2. The van der Waals surface area contributed by atoms with Crippen molar-refractivity contribution >= 4 is 27.3 Å². The van der Waals surface area contributed by atoms with Gasteiger partial charge < -0.3 is 20.5 Å². The van der Waals surface area contributed by atoms with Gasteiger partial charge in [-0.1, -0.05) is 6.92 Å². The molecule has 0 bridgehead atoms. The van der Waals surface area contributed by atoms with E-state index in [2.05, 4.69) is 32.7 Å². The molecule has 0 amide bonds. The number of fused-ring (bicyclic) bond motifs is 1. The molecule has 0 aliphatic heterocycles. The second-order valence-corrected chi connectivity index (χ2v) is 11.1. The number of ether oxygens (including phenoxy) is 1. The standard InChI is InChI=1S/C24H31N9O4S/c1-2-19-14-28-33-23(26-13-18-4-3-9-31(15-18)17-34)12-22(29-24(19)33)25-8-11-37-10-7-21-27-16-32(30-21)38(35,36)20-5-6-20/h3-4,9,12,14-16,20,26H,2,5-8,10-11,13,17H2,1H3,(H,25,29). The summed E-state index contributed by atoms with van der Waals surface area (Å²) in [4.78, 5) is 8.82. The largest absolute Gasteiger partial charge is 0.801 e. The Kier molecular flexibility index (Phi) is 7.81. The number of anilines is 2. The molecule has 0 saturated heterocycles. The van der Waals surface area contributed by atoms with Gasteiger partial charge in [-0.05, 0) is 25.3 Å². The molecule has 202 valence electrons. The van der Waals surface area contributed by atoms with Gasteiger partial charge in [0.25, 0.3) is 10.0 Å². The van der Waals surface area contributed by atoms with Crippen LogP contribution in [-0.4, -0.2) is 62.2 Å². The van der Waals surface area contributed by atoms with Crippen molar-refractivity contribution in [3.8, 4) is 0 Å². The van der Waals surface area contributed by atoms with Crippen molar-refractivity contribution in [3.05, 3.63) is 60.1 Å². The molecule has 14 heteroatoms. The fraction of sp³-hybridized carbons (Fsp3) is 0.458. The van der Waals surface area contributed by atoms with Gasteiger partial charge in [-0.3, -0.25) is 0 Å². The minimum Gasteiger partial charge on any atom is -0.801 e. The second-order valence-electron chi connectivity index (χ2n) is 9.06. The molecule has 1 saturated carbocycles. The molecule has 1 aliphatic carbocycles. The summed E-state index contributed by atoms with van der Waals surface area (Å²) in [5, 5.41) is 26.1. The van der Waals surface area contributed by atoms with Gasteiger partial charge >= 0.3 is 0 Å². The summed E-state index contributed by atoms with van der Waals surface area (Å²) >= 11 is 0. The highest BCUT2D eigenvalue weighted by Crippen LogP contribution is 2.29. The Labute approximate surface area is 220 Å². The van der Waals surface area contributed by atoms with Crippen LogP contribution in [0.2, 0.25) is 0 Å². The number of hydrogen-bond donors (Lipinski definition) is 2. The van der Waals surface area contributed by atoms with Gasteiger partial charge in [0.2, 0.25) is 0 Å². The maximum absolute atomic E-state index is 12.2. The van der Waals surface area contributed by atoms with Crippen molar-refractivity contribution < 1.29 is 22.8 Å². The van der Waals surface area contributed by atoms with E-state index in [1.165, 1.54) is 6.33 Å². The molecule has 0 spiro atoms. The zero-order valence-corrected chi connectivity index (χ0v) is 22.0. The van der Waals surface area contributed by atoms with E-state index in [9.17, 15) is 13.5 Å². The van der Waals surface area contributed by atoms with Crippen LogP contribution in [0, 0.1) is 0 Å². The van der Waals surface area contributed by atoms with E-state index in [-0.39, 0.29) is 12.0 Å². The molecular formula is C24H31N9O4S. The van der Waals surface area contributed by atoms with E-state index in [0.717, 1.165) is 33.1 Å². The summed E-state index contributed by atoms with van der Waals surface area (Å²) in [7, 11) is -3.40. The SMILES string of the molecule is CCc1cnn2c(NCc3ccc[n+](C[O-])c3)cc(NCCOCCc3ncn(S(=O)(=O)C4CC4)n3)nc12. The molecule has 0 radical (unpaired) electrons. The van der Waals surface area contributed by atoms with E-state index in [1.54, 1.807) is 15.3 Å². The highest BCUT2D eigenvalue weighted by molar-refractivity contribution is 7.90. The first-order valence-corrected chi connectivity index (χ1v) is 14.1. The summed E-state index contributed by atoms with van der Waals surface area (Å²) in [6, 6.07) is 5.70. The Balaban J connectivity index is 1.15. The van der Waals surface area contributed by atoms with Crippen molar-refractivity contribution in [2.24, 2.45) is 0 Å². The Bertz CT molecular complexity index is 1500. The molecule has 0 aromatic carbocycles. The van der Waals surface area contributed by atoms with Crippen molar-refractivity contribution in [1.29, 1.82) is 0 Å². The van der Waals surface area contributed by atoms with Gasteiger partial charge in [-0.15, -0.1) is 9.19 Å². The third-order valence-corrected chi connectivity index (χ3v) is 8.23. The van der Waals surface area contributed by atoms with Crippen molar-refractivity contribution in [2.45, 2.75) is 51.1 Å². The van der Waals surface area contributed by atoms with Gasteiger partial charge in [0, 0.05) is 42.8 Å². The van der Waals surface area contributed by atoms with Crippen LogP contribution < -0.4 is 20.3 Å². The Morgan fingerprint density at radius 3 is 2.92 bits per heavy atom. The van der Waals surface area contributed by atoms with Crippen molar-refractivity contribution in [1.82, 2.24) is 28.8 Å². The summed E-state index contributed by atoms with van der Waals surface area (Å²) in [5.74, 6) is 1.91. The Morgan fingerprint density at radius 2 is 2.13 bits per heavy atom. The number of rotatable bonds is 14. The maximum Gasteiger partial charge on any atom is 0.258 e. The predicted octanol–water partition coefficient (Wildman–Crippen LogP) is 0.112. The summed E-state index contributed by atoms with van der Waals surface area (Å²) in [6.07, 6.45) is 9.24. The molecule has 0 unspecified atom stereocenters. The van der Waals surface area contributed by atoms with Crippen LogP contribution in [0.5, 0.6) is 0 Å². The molecule has 4 aromatic rings. The van der Waals surface area contributed by atoms with Crippen LogP contribution in [-0.2, 0) is 40.9 Å². The van der Waals surface area contributed by atoms with E-state index >= 15 is 0 Å². The first kappa shape index (κ1) is 26.0. The molecule has 5 rings (SSSR count). The minimum atomic E-state index is -3.40. The average molecular weight is 542 g/mol. The molecule has 38 heavy (non-hydrogen) atoms. The molecule has 0 atom stereocenters. The van der Waals surface area contributed by atoms with Gasteiger partial charge in [0.1, 0.15) is 18.0 Å². The molecule has 1 aliphatic rings. The van der Waals surface area contributed by atoms with Crippen LogP contribution in [0.3, 0.4) is 0 Å². The van der Waals surface area contributed by atoms with E-state index in [1.807, 2.05) is 30.6 Å². The first-order chi connectivity index (χ1) is 18.5. The smallest absolute Gasteiger partial charge is 0.258 e. The summed E-state index contributed by atoms with van der Waals surface area (Å²) in [5.41, 5.74) is 2.78. The van der Waals surface area contributed by atoms with Gasteiger partial charge in [-0.2, -0.15) is 9.61 Å². The number of nitrogens with zero attached hydrogens (tertiary/aromatic N) is 7. The molecule has 13 nitrogen and oxygen atoms in total. The van der Waals surface area contributed by atoms with Gasteiger partial charge in [0.15, 0.2) is 23.9 Å². The van der Waals surface area contributed by atoms with Crippen molar-refractivity contribution in [3.63, 3.8) is 0 Å². The molecule has 1 fully saturated rings. The van der Waals surface area contributed by atoms with Crippen LogP contribution in [0.15, 0.2) is 43.1 Å². The Morgan fingerprint density at radius 1 is 1.26 bits per heavy atom. The van der Waals surface area contributed by atoms with Crippen molar-refractivity contribution in [2.75, 3.05) is 30.4 Å². The average Bonchev–Trinajstić information content (AvgIpc) is 3.55. The first-order valence-electron chi connectivity index (χ1n) is 12.6. The quantitative estimate of drug-likeness (QED) is 0.166. The Hall–Kier alpha value is -3.62. The third kappa shape index (κ3) is 5.92. The third-order valence-electron chi connectivity index (χ3n) is 6.22. The summed E-state index contributed by atoms with van der Waals surface area (Å²) in [6.45, 7) is 3.58. The normalized spacial score (nSPS) is 13.7. The maximum atomic E-state index is 12.2. The van der Waals surface area contributed by atoms with E-state index in [4.69, 9.17) is 9.72 Å². The number of aryl methyl sites for hydroxylation is 1. The fourth-order valence-corrected chi connectivity index (χ4v) is 5.41. The molecular weight excluding hydrogens is 510 g/mol. The lowest BCUT2D eigenvalue weighted by molar-refractivity contribution is -0.815. The van der Waals surface area contributed by atoms with Gasteiger partial charge in [0.05, 0.1) is 31.4 Å². The van der Waals surface area contributed by atoms with Crippen LogP contribution in [0.4, 0.5) is 11.6 Å². The fourth-order valence-electron chi connectivity index (χ4n) is 3.98. The number of pyridine rings is 1. The summed E-state index contributed by atoms with van der Waals surface area (Å²) < 4.78 is 34.5. The highest BCUT2D eigenvalue weighted by atomic mass is 32.2. The number of hydrogen-bond acceptors (Lipinski definition) is 10. The molecule has 4 aromatic heterocycles. The molecule has 4 heterocycles. The number of nitrogens with one attached hydrogen (secondary N) is 2. The van der Waals surface area contributed by atoms with E-state index < -0.39 is 10.0 Å².